The molecule has 0 bridgehead atoms. The van der Waals surface area contributed by atoms with Crippen molar-refractivity contribution in [1.82, 2.24) is 4.90 Å². The maximum absolute atomic E-state index is 12.5. The van der Waals surface area contributed by atoms with E-state index in [0.29, 0.717) is 10.9 Å². The van der Waals surface area contributed by atoms with E-state index in [0.717, 1.165) is 50.5 Å². The van der Waals surface area contributed by atoms with Gasteiger partial charge in [-0.15, -0.1) is 0 Å². The lowest BCUT2D eigenvalue weighted by molar-refractivity contribution is -0.124. The standard InChI is InChI=1S/C21H32ClN3O2/c1-3-24-10-12-25(13-11-24)19-9-8-17(22)14-18(19)23-21(26)15-27-20-7-5-4-6-16(20)2/h8-9,14,16,20H,3-7,10-13,15H2,1-2H3,(H,23,26). The molecule has 1 amide bonds. The van der Waals surface area contributed by atoms with Crippen molar-refractivity contribution in [2.24, 2.45) is 5.92 Å². The van der Waals surface area contributed by atoms with E-state index in [1.165, 1.54) is 19.3 Å². The molecule has 5 nitrogen and oxygen atoms in total. The number of hydrogen-bond donors (Lipinski definition) is 1. The molecule has 2 unspecified atom stereocenters. The van der Waals surface area contributed by atoms with E-state index in [-0.39, 0.29) is 18.6 Å². The normalized spacial score (nSPS) is 24.0. The third kappa shape index (κ3) is 5.59. The molecule has 1 saturated carbocycles. The first-order chi connectivity index (χ1) is 13.1. The van der Waals surface area contributed by atoms with Crippen LogP contribution in [0, 0.1) is 5.92 Å². The number of nitrogens with zero attached hydrogens (tertiary/aromatic N) is 2. The van der Waals surface area contributed by atoms with E-state index in [1.807, 2.05) is 18.2 Å². The van der Waals surface area contributed by atoms with Crippen LogP contribution in [-0.2, 0) is 9.53 Å². The highest BCUT2D eigenvalue weighted by Crippen LogP contribution is 2.30. The zero-order valence-corrected chi connectivity index (χ0v) is 17.3. The van der Waals surface area contributed by atoms with E-state index in [2.05, 4.69) is 29.0 Å². The largest absolute Gasteiger partial charge is 0.368 e. The Kier molecular flexibility index (Phi) is 7.39. The predicted octanol–water partition coefficient (Wildman–Crippen LogP) is 4.02. The van der Waals surface area contributed by atoms with E-state index in [1.54, 1.807) is 0 Å². The summed E-state index contributed by atoms with van der Waals surface area (Å²) >= 11 is 6.19. The number of rotatable bonds is 6. The summed E-state index contributed by atoms with van der Waals surface area (Å²) in [6, 6.07) is 5.73. The summed E-state index contributed by atoms with van der Waals surface area (Å²) in [5, 5.41) is 3.65. The predicted molar refractivity (Wildman–Crippen MR) is 112 cm³/mol. The SMILES string of the molecule is CCN1CCN(c2ccc(Cl)cc2NC(=O)COC2CCCCC2C)CC1. The molecule has 1 aromatic rings. The number of halogens is 1. The van der Waals surface area contributed by atoms with Crippen molar-refractivity contribution < 1.29 is 9.53 Å². The quantitative estimate of drug-likeness (QED) is 0.792. The zero-order chi connectivity index (χ0) is 19.2. The highest BCUT2D eigenvalue weighted by molar-refractivity contribution is 6.31. The van der Waals surface area contributed by atoms with E-state index in [4.69, 9.17) is 16.3 Å². The van der Waals surface area contributed by atoms with Gasteiger partial charge < -0.3 is 19.9 Å². The van der Waals surface area contributed by atoms with Gasteiger partial charge in [0.05, 0.1) is 17.5 Å². The Morgan fingerprint density at radius 3 is 2.67 bits per heavy atom. The second kappa shape index (κ2) is 9.76. The third-order valence-electron chi connectivity index (χ3n) is 5.85. The molecular weight excluding hydrogens is 362 g/mol. The molecule has 1 heterocycles. The fraction of sp³-hybridized carbons (Fsp3) is 0.667. The van der Waals surface area contributed by atoms with Crippen molar-refractivity contribution in [3.63, 3.8) is 0 Å². The highest BCUT2D eigenvalue weighted by Gasteiger charge is 2.23. The summed E-state index contributed by atoms with van der Waals surface area (Å²) in [4.78, 5) is 17.3. The number of ether oxygens (including phenoxy) is 1. The van der Waals surface area contributed by atoms with Gasteiger partial charge in [-0.25, -0.2) is 0 Å². The van der Waals surface area contributed by atoms with E-state index >= 15 is 0 Å². The third-order valence-corrected chi connectivity index (χ3v) is 6.09. The Morgan fingerprint density at radius 2 is 1.96 bits per heavy atom. The van der Waals surface area contributed by atoms with Gasteiger partial charge in [0.15, 0.2) is 0 Å². The lowest BCUT2D eigenvalue weighted by Crippen LogP contribution is -2.46. The van der Waals surface area contributed by atoms with Gasteiger partial charge in [-0.05, 0) is 43.5 Å². The summed E-state index contributed by atoms with van der Waals surface area (Å²) in [6.07, 6.45) is 4.90. The Bertz CT molecular complexity index is 632. The monoisotopic (exact) mass is 393 g/mol. The van der Waals surface area contributed by atoms with Crippen molar-refractivity contribution in [3.05, 3.63) is 23.2 Å². The first kappa shape index (κ1) is 20.4. The molecule has 1 saturated heterocycles. The summed E-state index contributed by atoms with van der Waals surface area (Å²) in [7, 11) is 0. The average molecular weight is 394 g/mol. The van der Waals surface area contributed by atoms with Crippen LogP contribution in [0.15, 0.2) is 18.2 Å². The van der Waals surface area contributed by atoms with Gasteiger partial charge >= 0.3 is 0 Å². The van der Waals surface area contributed by atoms with Crippen LogP contribution in [0.1, 0.15) is 39.5 Å². The molecule has 1 aromatic carbocycles. The highest BCUT2D eigenvalue weighted by atomic mass is 35.5. The molecule has 27 heavy (non-hydrogen) atoms. The van der Waals surface area contributed by atoms with Crippen LogP contribution in [0.3, 0.4) is 0 Å². The van der Waals surface area contributed by atoms with E-state index in [9.17, 15) is 4.79 Å². The van der Waals surface area contributed by atoms with E-state index < -0.39 is 0 Å². The first-order valence-corrected chi connectivity index (χ1v) is 10.6. The second-order valence-corrected chi connectivity index (χ2v) is 8.18. The van der Waals surface area contributed by atoms with Crippen LogP contribution in [0.4, 0.5) is 11.4 Å². The summed E-state index contributed by atoms with van der Waals surface area (Å²) in [6.45, 7) is 9.57. The number of piperazine rings is 1. The van der Waals surface area contributed by atoms with Gasteiger partial charge in [-0.2, -0.15) is 0 Å². The van der Waals surface area contributed by atoms with Crippen LogP contribution in [0.25, 0.3) is 0 Å². The molecule has 1 aliphatic carbocycles. The minimum absolute atomic E-state index is 0.102. The molecule has 2 aliphatic rings. The van der Waals surface area contributed by atoms with Crippen LogP contribution in [0.2, 0.25) is 5.02 Å². The van der Waals surface area contributed by atoms with Crippen molar-refractivity contribution in [3.8, 4) is 0 Å². The molecule has 2 atom stereocenters. The zero-order valence-electron chi connectivity index (χ0n) is 16.5. The van der Waals surface area contributed by atoms with Crippen LogP contribution >= 0.6 is 11.6 Å². The summed E-state index contributed by atoms with van der Waals surface area (Å²) in [5.41, 5.74) is 1.81. The van der Waals surface area contributed by atoms with Gasteiger partial charge in [0, 0.05) is 31.2 Å². The van der Waals surface area contributed by atoms with Crippen molar-refractivity contribution >= 4 is 28.9 Å². The number of nitrogens with one attached hydrogen (secondary N) is 1. The van der Waals surface area contributed by atoms with Crippen molar-refractivity contribution in [2.75, 3.05) is 49.5 Å². The van der Waals surface area contributed by atoms with Gasteiger partial charge in [0.1, 0.15) is 6.61 Å². The number of carbonyl (C=O) groups is 1. The van der Waals surface area contributed by atoms with Crippen LogP contribution in [0.5, 0.6) is 0 Å². The summed E-state index contributed by atoms with van der Waals surface area (Å²) < 4.78 is 5.91. The van der Waals surface area contributed by atoms with Crippen LogP contribution in [-0.4, -0.2) is 56.2 Å². The summed E-state index contributed by atoms with van der Waals surface area (Å²) in [5.74, 6) is 0.423. The maximum atomic E-state index is 12.5. The number of likely N-dealkylation sites (N-methyl/N-ethyl adjacent to an activating group) is 1. The number of hydrogen-bond acceptors (Lipinski definition) is 4. The van der Waals surface area contributed by atoms with Crippen LogP contribution < -0.4 is 10.2 Å². The molecule has 3 rings (SSSR count). The fourth-order valence-electron chi connectivity index (χ4n) is 4.09. The number of anilines is 2. The maximum Gasteiger partial charge on any atom is 0.250 e. The number of amides is 1. The number of carbonyl (C=O) groups excluding carboxylic acids is 1. The minimum Gasteiger partial charge on any atom is -0.368 e. The molecule has 6 heteroatoms. The van der Waals surface area contributed by atoms with Gasteiger partial charge in [0.25, 0.3) is 0 Å². The van der Waals surface area contributed by atoms with Gasteiger partial charge in [0.2, 0.25) is 5.91 Å². The second-order valence-electron chi connectivity index (χ2n) is 7.74. The molecule has 2 fully saturated rings. The molecule has 0 radical (unpaired) electrons. The molecule has 150 valence electrons. The van der Waals surface area contributed by atoms with Gasteiger partial charge in [-0.1, -0.05) is 38.3 Å². The van der Waals surface area contributed by atoms with Crippen molar-refractivity contribution in [1.29, 1.82) is 0 Å². The van der Waals surface area contributed by atoms with Gasteiger partial charge in [-0.3, -0.25) is 4.79 Å². The molecule has 1 N–H and O–H groups in total. The molecular formula is C21H32ClN3O2. The average Bonchev–Trinajstić information content (AvgIpc) is 2.68. The molecule has 0 spiro atoms. The number of benzene rings is 1. The molecule has 0 aromatic heterocycles. The Balaban J connectivity index is 1.60. The Hall–Kier alpha value is -1.30. The van der Waals surface area contributed by atoms with Crippen molar-refractivity contribution in [2.45, 2.75) is 45.6 Å². The topological polar surface area (TPSA) is 44.8 Å². The minimum atomic E-state index is -0.108. The lowest BCUT2D eigenvalue weighted by atomic mass is 9.88. The first-order valence-electron chi connectivity index (χ1n) is 10.2. The smallest absolute Gasteiger partial charge is 0.250 e. The Labute approximate surface area is 168 Å². The Morgan fingerprint density at radius 1 is 1.22 bits per heavy atom. The molecule has 1 aliphatic heterocycles. The lowest BCUT2D eigenvalue weighted by Gasteiger charge is -2.36. The fourth-order valence-corrected chi connectivity index (χ4v) is 4.26.